The molecule has 5 rings (SSSR count). The van der Waals surface area contributed by atoms with E-state index < -0.39 is 6.10 Å². The monoisotopic (exact) mass is 376 g/mol. The van der Waals surface area contributed by atoms with E-state index in [0.29, 0.717) is 24.6 Å². The number of pyridine rings is 1. The number of para-hydroxylation sites is 2. The number of carbonyl (C=O) groups is 1. The number of aryl methyl sites for hydroxylation is 1. The Morgan fingerprint density at radius 3 is 2.75 bits per heavy atom. The van der Waals surface area contributed by atoms with Gasteiger partial charge in [0, 0.05) is 31.0 Å². The van der Waals surface area contributed by atoms with Gasteiger partial charge in [-0.15, -0.1) is 0 Å². The Bertz CT molecular complexity index is 1000. The number of amides is 1. The zero-order valence-corrected chi connectivity index (χ0v) is 15.3. The van der Waals surface area contributed by atoms with E-state index in [9.17, 15) is 4.79 Å². The van der Waals surface area contributed by atoms with Gasteiger partial charge in [0.1, 0.15) is 6.61 Å². The van der Waals surface area contributed by atoms with E-state index >= 15 is 0 Å². The second kappa shape index (κ2) is 6.99. The van der Waals surface area contributed by atoms with Crippen LogP contribution in [0.4, 0.5) is 0 Å². The largest absolute Gasteiger partial charge is 0.485 e. The molecule has 7 heteroatoms. The van der Waals surface area contributed by atoms with Crippen LogP contribution in [-0.4, -0.2) is 44.8 Å². The minimum absolute atomic E-state index is 0.0467. The maximum Gasteiger partial charge on any atom is 0.267 e. The predicted molar refractivity (Wildman–Crippen MR) is 102 cm³/mol. The molecule has 0 spiro atoms. The third kappa shape index (κ3) is 3.09. The van der Waals surface area contributed by atoms with Gasteiger partial charge in [0.25, 0.3) is 5.91 Å². The van der Waals surface area contributed by atoms with Crippen LogP contribution in [0.25, 0.3) is 11.3 Å². The van der Waals surface area contributed by atoms with E-state index in [1.54, 1.807) is 12.4 Å². The third-order valence-corrected chi connectivity index (χ3v) is 5.09. The van der Waals surface area contributed by atoms with Gasteiger partial charge in [-0.05, 0) is 36.8 Å². The molecule has 0 bridgehead atoms. The molecule has 2 aromatic heterocycles. The highest BCUT2D eigenvalue weighted by Gasteiger charge is 2.32. The van der Waals surface area contributed by atoms with Crippen molar-refractivity contribution in [3.8, 4) is 22.8 Å². The van der Waals surface area contributed by atoms with Crippen molar-refractivity contribution in [2.24, 2.45) is 0 Å². The first-order chi connectivity index (χ1) is 13.8. The number of benzene rings is 1. The van der Waals surface area contributed by atoms with Crippen molar-refractivity contribution < 1.29 is 14.3 Å². The molecule has 4 heterocycles. The van der Waals surface area contributed by atoms with Crippen molar-refractivity contribution in [3.63, 3.8) is 0 Å². The summed E-state index contributed by atoms with van der Waals surface area (Å²) >= 11 is 0. The number of hydrogen-bond donors (Lipinski definition) is 0. The van der Waals surface area contributed by atoms with Gasteiger partial charge in [0.2, 0.25) is 6.10 Å². The van der Waals surface area contributed by atoms with Crippen LogP contribution in [0.15, 0.2) is 54.9 Å². The quantitative estimate of drug-likeness (QED) is 0.687. The van der Waals surface area contributed by atoms with E-state index in [1.165, 1.54) is 0 Å². The molecule has 0 saturated heterocycles. The number of fused-ring (bicyclic) bond motifs is 2. The molecule has 0 aliphatic carbocycles. The van der Waals surface area contributed by atoms with Gasteiger partial charge >= 0.3 is 0 Å². The second-order valence-electron chi connectivity index (χ2n) is 6.96. The van der Waals surface area contributed by atoms with Crippen molar-refractivity contribution in [1.82, 2.24) is 19.7 Å². The summed E-state index contributed by atoms with van der Waals surface area (Å²) in [5, 5.41) is 4.71. The minimum Gasteiger partial charge on any atom is -0.485 e. The molecule has 1 unspecified atom stereocenters. The molecular formula is C21H20N4O3. The Morgan fingerprint density at radius 1 is 1.07 bits per heavy atom. The number of aromatic nitrogens is 3. The standard InChI is InChI=1S/C21H20N4O3/c26-21(20-14-27-18-4-1-2-5-19(18)28-20)24-10-3-11-25-16(13-24)12-17(23-25)15-6-8-22-9-7-15/h1-2,4-9,12,20H,3,10-11,13-14H2. The van der Waals surface area contributed by atoms with E-state index in [0.717, 1.165) is 29.9 Å². The van der Waals surface area contributed by atoms with Crippen LogP contribution in [0.2, 0.25) is 0 Å². The van der Waals surface area contributed by atoms with Crippen LogP contribution in [0.1, 0.15) is 12.1 Å². The maximum atomic E-state index is 13.1. The Hall–Kier alpha value is -3.35. The van der Waals surface area contributed by atoms with Crippen LogP contribution in [-0.2, 0) is 17.9 Å². The van der Waals surface area contributed by atoms with Crippen molar-refractivity contribution in [3.05, 3.63) is 60.6 Å². The van der Waals surface area contributed by atoms with E-state index in [-0.39, 0.29) is 12.5 Å². The van der Waals surface area contributed by atoms with E-state index in [2.05, 4.69) is 11.1 Å². The van der Waals surface area contributed by atoms with Crippen molar-refractivity contribution in [2.45, 2.75) is 25.6 Å². The molecule has 1 aromatic carbocycles. The van der Waals surface area contributed by atoms with Crippen LogP contribution in [0.3, 0.4) is 0 Å². The van der Waals surface area contributed by atoms with Gasteiger partial charge in [-0.2, -0.15) is 5.10 Å². The van der Waals surface area contributed by atoms with Gasteiger partial charge < -0.3 is 14.4 Å². The lowest BCUT2D eigenvalue weighted by Crippen LogP contribution is -2.46. The molecule has 7 nitrogen and oxygen atoms in total. The molecule has 2 aliphatic rings. The first-order valence-electron chi connectivity index (χ1n) is 9.42. The van der Waals surface area contributed by atoms with Gasteiger partial charge in [-0.25, -0.2) is 0 Å². The summed E-state index contributed by atoms with van der Waals surface area (Å²) < 4.78 is 13.6. The van der Waals surface area contributed by atoms with E-state index in [1.807, 2.05) is 46.0 Å². The van der Waals surface area contributed by atoms with E-state index in [4.69, 9.17) is 14.6 Å². The lowest BCUT2D eigenvalue weighted by Gasteiger charge is -2.30. The van der Waals surface area contributed by atoms with Gasteiger partial charge in [-0.3, -0.25) is 14.5 Å². The fourth-order valence-corrected chi connectivity index (χ4v) is 3.66. The summed E-state index contributed by atoms with van der Waals surface area (Å²) in [7, 11) is 0. The Morgan fingerprint density at radius 2 is 1.89 bits per heavy atom. The normalized spacial score (nSPS) is 18.3. The highest BCUT2D eigenvalue weighted by Crippen LogP contribution is 2.31. The van der Waals surface area contributed by atoms with Crippen molar-refractivity contribution >= 4 is 5.91 Å². The van der Waals surface area contributed by atoms with Crippen LogP contribution in [0, 0.1) is 0 Å². The number of nitrogens with zero attached hydrogens (tertiary/aromatic N) is 4. The van der Waals surface area contributed by atoms with Crippen LogP contribution < -0.4 is 9.47 Å². The summed E-state index contributed by atoms with van der Waals surface area (Å²) in [6, 6.07) is 13.4. The molecule has 0 fully saturated rings. The Balaban J connectivity index is 1.35. The van der Waals surface area contributed by atoms with Crippen molar-refractivity contribution in [2.75, 3.05) is 13.2 Å². The first-order valence-corrected chi connectivity index (χ1v) is 9.42. The molecule has 1 atom stereocenters. The number of hydrogen-bond acceptors (Lipinski definition) is 5. The zero-order chi connectivity index (χ0) is 18.9. The lowest BCUT2D eigenvalue weighted by atomic mass is 10.2. The maximum absolute atomic E-state index is 13.1. The summed E-state index contributed by atoms with van der Waals surface area (Å²) in [4.78, 5) is 19.0. The average molecular weight is 376 g/mol. The topological polar surface area (TPSA) is 69.5 Å². The fourth-order valence-electron chi connectivity index (χ4n) is 3.66. The van der Waals surface area contributed by atoms with Crippen LogP contribution >= 0.6 is 0 Å². The van der Waals surface area contributed by atoms with Gasteiger partial charge in [0.05, 0.1) is 17.9 Å². The Labute approximate surface area is 162 Å². The number of ether oxygens (including phenoxy) is 2. The third-order valence-electron chi connectivity index (χ3n) is 5.09. The molecule has 0 N–H and O–H groups in total. The highest BCUT2D eigenvalue weighted by atomic mass is 16.6. The summed E-state index contributed by atoms with van der Waals surface area (Å²) in [6.45, 7) is 2.20. The van der Waals surface area contributed by atoms with Crippen molar-refractivity contribution in [1.29, 1.82) is 0 Å². The molecule has 142 valence electrons. The molecule has 3 aromatic rings. The summed E-state index contributed by atoms with van der Waals surface area (Å²) in [6.07, 6.45) is 3.74. The fraction of sp³-hybridized carbons (Fsp3) is 0.286. The SMILES string of the molecule is O=C(C1COc2ccccc2O1)N1CCCn2nc(-c3ccncc3)cc2C1. The molecule has 1 amide bonds. The molecular weight excluding hydrogens is 356 g/mol. The Kier molecular flexibility index (Phi) is 4.20. The lowest BCUT2D eigenvalue weighted by molar-refractivity contribution is -0.141. The van der Waals surface area contributed by atoms with Gasteiger partial charge in [0.15, 0.2) is 11.5 Å². The molecule has 0 saturated carbocycles. The summed E-state index contributed by atoms with van der Waals surface area (Å²) in [5.74, 6) is 1.25. The average Bonchev–Trinajstić information content (AvgIpc) is 3.05. The molecule has 0 radical (unpaired) electrons. The van der Waals surface area contributed by atoms with Crippen LogP contribution in [0.5, 0.6) is 11.5 Å². The number of carbonyl (C=O) groups excluding carboxylic acids is 1. The molecule has 2 aliphatic heterocycles. The molecule has 28 heavy (non-hydrogen) atoms. The first kappa shape index (κ1) is 16.8. The second-order valence-corrected chi connectivity index (χ2v) is 6.96. The van der Waals surface area contributed by atoms with Gasteiger partial charge in [-0.1, -0.05) is 12.1 Å². The number of rotatable bonds is 2. The zero-order valence-electron chi connectivity index (χ0n) is 15.3. The smallest absolute Gasteiger partial charge is 0.267 e. The predicted octanol–water partition coefficient (Wildman–Crippen LogP) is 2.52. The summed E-state index contributed by atoms with van der Waals surface area (Å²) in [5.41, 5.74) is 2.95. The minimum atomic E-state index is -0.621. The highest BCUT2D eigenvalue weighted by molar-refractivity contribution is 5.82.